The standard InChI is InChI=1S/C18H21BrClN3O/c1-24-17-4-2-3-12(18(17)20)10-22-14-5-6-15(22)8-16(7-14)23-11-13(19)9-21-23/h2-4,9,11,14-16H,5-8,10H2,1H3. The zero-order valence-corrected chi connectivity index (χ0v) is 16.0. The molecule has 2 fully saturated rings. The number of benzene rings is 1. The molecule has 6 heteroatoms. The van der Waals surface area contributed by atoms with E-state index in [1.807, 2.05) is 18.3 Å². The first-order valence-corrected chi connectivity index (χ1v) is 9.59. The lowest BCUT2D eigenvalue weighted by atomic mass is 9.96. The summed E-state index contributed by atoms with van der Waals surface area (Å²) in [7, 11) is 1.67. The number of fused-ring (bicyclic) bond motifs is 2. The average Bonchev–Trinajstić information content (AvgIpc) is 3.10. The molecule has 2 unspecified atom stereocenters. The van der Waals surface area contributed by atoms with E-state index in [0.29, 0.717) is 18.1 Å². The molecular weight excluding hydrogens is 390 g/mol. The van der Waals surface area contributed by atoms with E-state index < -0.39 is 0 Å². The summed E-state index contributed by atoms with van der Waals surface area (Å²) < 4.78 is 8.54. The van der Waals surface area contributed by atoms with Gasteiger partial charge in [0.25, 0.3) is 0 Å². The molecule has 0 N–H and O–H groups in total. The molecule has 0 spiro atoms. The van der Waals surface area contributed by atoms with Crippen LogP contribution in [0.25, 0.3) is 0 Å². The maximum Gasteiger partial charge on any atom is 0.137 e. The van der Waals surface area contributed by atoms with Gasteiger partial charge in [0.15, 0.2) is 0 Å². The van der Waals surface area contributed by atoms with Gasteiger partial charge in [0.2, 0.25) is 0 Å². The van der Waals surface area contributed by atoms with Gasteiger partial charge in [-0.25, -0.2) is 0 Å². The minimum Gasteiger partial charge on any atom is -0.495 e. The number of aromatic nitrogens is 2. The maximum absolute atomic E-state index is 6.50. The summed E-state index contributed by atoms with van der Waals surface area (Å²) in [6.45, 7) is 0.904. The fourth-order valence-corrected chi connectivity index (χ4v) is 4.83. The van der Waals surface area contributed by atoms with Crippen LogP contribution in [0.3, 0.4) is 0 Å². The molecule has 2 aliphatic heterocycles. The fourth-order valence-electron chi connectivity index (χ4n) is 4.27. The highest BCUT2D eigenvalue weighted by Crippen LogP contribution is 2.42. The zero-order valence-electron chi connectivity index (χ0n) is 13.7. The monoisotopic (exact) mass is 409 g/mol. The summed E-state index contributed by atoms with van der Waals surface area (Å²) >= 11 is 10.0. The first-order valence-electron chi connectivity index (χ1n) is 8.42. The third kappa shape index (κ3) is 2.98. The summed E-state index contributed by atoms with van der Waals surface area (Å²) in [5.74, 6) is 0.762. The Kier molecular flexibility index (Phi) is 4.58. The van der Waals surface area contributed by atoms with Crippen molar-refractivity contribution in [3.8, 4) is 5.75 Å². The van der Waals surface area contributed by atoms with Crippen LogP contribution in [-0.2, 0) is 6.54 Å². The predicted molar refractivity (Wildman–Crippen MR) is 98.6 cm³/mol. The Morgan fingerprint density at radius 1 is 1.25 bits per heavy atom. The van der Waals surface area contributed by atoms with Crippen molar-refractivity contribution in [3.05, 3.63) is 45.7 Å². The van der Waals surface area contributed by atoms with Gasteiger partial charge in [-0.3, -0.25) is 9.58 Å². The second kappa shape index (κ2) is 6.70. The highest BCUT2D eigenvalue weighted by atomic mass is 79.9. The molecule has 2 saturated heterocycles. The number of piperidine rings is 1. The van der Waals surface area contributed by atoms with Crippen LogP contribution in [0.1, 0.15) is 37.3 Å². The Hall–Kier alpha value is -1.04. The van der Waals surface area contributed by atoms with Crippen molar-refractivity contribution in [2.24, 2.45) is 0 Å². The molecule has 4 rings (SSSR count). The van der Waals surface area contributed by atoms with Gasteiger partial charge in [-0.1, -0.05) is 23.7 Å². The number of hydrogen-bond acceptors (Lipinski definition) is 3. The van der Waals surface area contributed by atoms with Gasteiger partial charge in [-0.05, 0) is 53.2 Å². The van der Waals surface area contributed by atoms with Crippen LogP contribution in [0.15, 0.2) is 35.1 Å². The van der Waals surface area contributed by atoms with Crippen LogP contribution in [-0.4, -0.2) is 33.9 Å². The Morgan fingerprint density at radius 3 is 2.62 bits per heavy atom. The third-order valence-electron chi connectivity index (χ3n) is 5.42. The molecule has 0 saturated carbocycles. The molecule has 4 nitrogen and oxygen atoms in total. The molecule has 2 aliphatic rings. The molecule has 2 bridgehead atoms. The maximum atomic E-state index is 6.50. The molecule has 2 atom stereocenters. The van der Waals surface area contributed by atoms with Crippen LogP contribution in [0.4, 0.5) is 0 Å². The van der Waals surface area contributed by atoms with Crippen molar-refractivity contribution in [3.63, 3.8) is 0 Å². The van der Waals surface area contributed by atoms with E-state index in [1.54, 1.807) is 7.11 Å². The van der Waals surface area contributed by atoms with Crippen molar-refractivity contribution in [1.82, 2.24) is 14.7 Å². The van der Waals surface area contributed by atoms with Gasteiger partial charge in [0.05, 0.1) is 28.8 Å². The minimum atomic E-state index is 0.505. The molecule has 1 aromatic carbocycles. The number of hydrogen-bond donors (Lipinski definition) is 0. The minimum absolute atomic E-state index is 0.505. The molecular formula is C18H21BrClN3O. The summed E-state index contributed by atoms with van der Waals surface area (Å²) in [4.78, 5) is 2.63. The summed E-state index contributed by atoms with van der Waals surface area (Å²) in [6, 6.07) is 7.78. The van der Waals surface area contributed by atoms with Gasteiger partial charge in [-0.15, -0.1) is 0 Å². The van der Waals surface area contributed by atoms with Gasteiger partial charge < -0.3 is 4.74 Å². The first kappa shape index (κ1) is 16.4. The largest absolute Gasteiger partial charge is 0.495 e. The van der Waals surface area contributed by atoms with E-state index in [9.17, 15) is 0 Å². The van der Waals surface area contributed by atoms with E-state index in [0.717, 1.165) is 40.2 Å². The zero-order chi connectivity index (χ0) is 16.7. The second-order valence-corrected chi connectivity index (χ2v) is 8.05. The van der Waals surface area contributed by atoms with Crippen LogP contribution >= 0.6 is 27.5 Å². The summed E-state index contributed by atoms with van der Waals surface area (Å²) in [6.07, 6.45) is 8.83. The van der Waals surface area contributed by atoms with E-state index in [-0.39, 0.29) is 0 Å². The van der Waals surface area contributed by atoms with Crippen molar-refractivity contribution in [1.29, 1.82) is 0 Å². The van der Waals surface area contributed by atoms with E-state index in [4.69, 9.17) is 16.3 Å². The average molecular weight is 411 g/mol. The smallest absolute Gasteiger partial charge is 0.137 e. The lowest BCUT2D eigenvalue weighted by molar-refractivity contribution is 0.0951. The normalized spacial score (nSPS) is 26.7. The summed E-state index contributed by atoms with van der Waals surface area (Å²) in [5, 5.41) is 5.24. The van der Waals surface area contributed by atoms with Crippen LogP contribution in [0, 0.1) is 0 Å². The molecule has 0 aliphatic carbocycles. The highest BCUT2D eigenvalue weighted by Gasteiger charge is 2.41. The summed E-state index contributed by atoms with van der Waals surface area (Å²) in [5.41, 5.74) is 1.16. The predicted octanol–water partition coefficient (Wildman–Crippen LogP) is 4.68. The molecule has 0 amide bonds. The Morgan fingerprint density at radius 2 is 2.00 bits per heavy atom. The van der Waals surface area contributed by atoms with Crippen molar-refractivity contribution >= 4 is 27.5 Å². The molecule has 128 valence electrons. The van der Waals surface area contributed by atoms with Crippen LogP contribution < -0.4 is 4.74 Å². The fraction of sp³-hybridized carbons (Fsp3) is 0.500. The number of nitrogens with zero attached hydrogens (tertiary/aromatic N) is 3. The Labute approximate surface area is 155 Å². The van der Waals surface area contributed by atoms with Crippen molar-refractivity contribution in [2.75, 3.05) is 7.11 Å². The van der Waals surface area contributed by atoms with E-state index in [2.05, 4.69) is 42.9 Å². The lowest BCUT2D eigenvalue weighted by Gasteiger charge is -2.39. The van der Waals surface area contributed by atoms with Gasteiger partial charge >= 0.3 is 0 Å². The molecule has 0 radical (unpaired) electrons. The molecule has 2 aromatic rings. The number of rotatable bonds is 4. The SMILES string of the molecule is COc1cccc(CN2C3CCC2CC(n2cc(Br)cn2)C3)c1Cl. The molecule has 1 aromatic heterocycles. The molecule has 3 heterocycles. The lowest BCUT2D eigenvalue weighted by Crippen LogP contribution is -2.43. The molecule has 24 heavy (non-hydrogen) atoms. The third-order valence-corrected chi connectivity index (χ3v) is 6.26. The van der Waals surface area contributed by atoms with E-state index in [1.165, 1.54) is 12.8 Å². The number of halogens is 2. The Balaban J connectivity index is 1.51. The van der Waals surface area contributed by atoms with Gasteiger partial charge in [0.1, 0.15) is 5.75 Å². The van der Waals surface area contributed by atoms with Crippen molar-refractivity contribution < 1.29 is 4.74 Å². The number of methoxy groups -OCH3 is 1. The Bertz CT molecular complexity index is 721. The highest BCUT2D eigenvalue weighted by molar-refractivity contribution is 9.10. The number of ether oxygens (including phenoxy) is 1. The quantitative estimate of drug-likeness (QED) is 0.733. The first-order chi connectivity index (χ1) is 11.7. The van der Waals surface area contributed by atoms with E-state index >= 15 is 0 Å². The van der Waals surface area contributed by atoms with Gasteiger partial charge in [0, 0.05) is 24.8 Å². The topological polar surface area (TPSA) is 30.3 Å². The van der Waals surface area contributed by atoms with Gasteiger partial charge in [-0.2, -0.15) is 5.10 Å². The van der Waals surface area contributed by atoms with Crippen LogP contribution in [0.2, 0.25) is 5.02 Å². The van der Waals surface area contributed by atoms with Crippen LogP contribution in [0.5, 0.6) is 5.75 Å². The second-order valence-electron chi connectivity index (χ2n) is 6.75. The van der Waals surface area contributed by atoms with Crippen molar-refractivity contribution in [2.45, 2.75) is 50.4 Å².